The molecule has 0 saturated carbocycles. The Balaban J connectivity index is 1.86. The molecule has 1 aliphatic rings. The smallest absolute Gasteiger partial charge is 0.419 e. The van der Waals surface area contributed by atoms with Crippen molar-refractivity contribution in [2.75, 3.05) is 13.7 Å². The third-order valence-corrected chi connectivity index (χ3v) is 4.67. The van der Waals surface area contributed by atoms with Gasteiger partial charge in [0, 0.05) is 6.54 Å². The first-order valence-corrected chi connectivity index (χ1v) is 8.88. The predicted molar refractivity (Wildman–Crippen MR) is 98.9 cm³/mol. The van der Waals surface area contributed by atoms with Crippen LogP contribution >= 0.6 is 0 Å². The molecule has 0 aromatic heterocycles. The van der Waals surface area contributed by atoms with E-state index in [1.165, 1.54) is 25.3 Å². The lowest BCUT2D eigenvalue weighted by Crippen LogP contribution is -2.14. The minimum Gasteiger partial charge on any atom is -0.488 e. The number of rotatable bonds is 5. The van der Waals surface area contributed by atoms with Crippen molar-refractivity contribution in [1.29, 1.82) is 0 Å². The Morgan fingerprint density at radius 1 is 1.21 bits per heavy atom. The number of para-hydroxylation sites is 1. The largest absolute Gasteiger partial charge is 0.488 e. The predicted octanol–water partition coefficient (Wildman–Crippen LogP) is 5.02. The second-order valence-electron chi connectivity index (χ2n) is 6.51. The van der Waals surface area contributed by atoms with Crippen LogP contribution < -0.4 is 4.74 Å². The zero-order valence-electron chi connectivity index (χ0n) is 15.3. The van der Waals surface area contributed by atoms with Crippen LogP contribution in [-0.4, -0.2) is 25.8 Å². The molecule has 4 nitrogen and oxygen atoms in total. The van der Waals surface area contributed by atoms with Gasteiger partial charge < -0.3 is 9.47 Å². The lowest BCUT2D eigenvalue weighted by atomic mass is 9.87. The molecule has 0 fully saturated rings. The molecular formula is C21H20F3NO3. The number of hydrogen-bond acceptors (Lipinski definition) is 4. The van der Waals surface area contributed by atoms with E-state index in [9.17, 15) is 18.0 Å². The van der Waals surface area contributed by atoms with Gasteiger partial charge in [-0.25, -0.2) is 4.79 Å². The molecule has 2 aromatic carbocycles. The molecule has 0 amide bonds. The van der Waals surface area contributed by atoms with Gasteiger partial charge >= 0.3 is 12.1 Å². The highest BCUT2D eigenvalue weighted by Crippen LogP contribution is 2.36. The van der Waals surface area contributed by atoms with Crippen LogP contribution in [0.1, 0.15) is 45.8 Å². The first-order chi connectivity index (χ1) is 13.4. The van der Waals surface area contributed by atoms with Crippen LogP contribution in [0.3, 0.4) is 0 Å². The van der Waals surface area contributed by atoms with Gasteiger partial charge in [0.1, 0.15) is 12.4 Å². The maximum Gasteiger partial charge on any atom is 0.419 e. The minimum atomic E-state index is -4.49. The van der Waals surface area contributed by atoms with Gasteiger partial charge in [-0.2, -0.15) is 13.2 Å². The number of alkyl halides is 3. The standard InChI is InChI=1S/C21H20F3NO3/c1-27-20(26)16-7-6-14(12-17(16)15-8-10-25-11-9-15)13-28-19-5-3-2-4-18(19)21(22,23)24/h2-7,10,12,15H,8-9,11,13H2,1H3. The number of hydrogen-bond donors (Lipinski definition) is 0. The molecule has 0 radical (unpaired) electrons. The number of ether oxygens (including phenoxy) is 2. The van der Waals surface area contributed by atoms with E-state index >= 15 is 0 Å². The summed E-state index contributed by atoms with van der Waals surface area (Å²) in [6, 6.07) is 10.2. The highest BCUT2D eigenvalue weighted by Gasteiger charge is 2.34. The van der Waals surface area contributed by atoms with Crippen molar-refractivity contribution in [3.8, 4) is 5.75 Å². The SMILES string of the molecule is COC(=O)c1ccc(COc2ccccc2C(F)(F)F)cc1C1CC=NCC1. The summed E-state index contributed by atoms with van der Waals surface area (Å²) < 4.78 is 49.7. The number of methoxy groups -OCH3 is 1. The summed E-state index contributed by atoms with van der Waals surface area (Å²) in [5.74, 6) is -0.556. The van der Waals surface area contributed by atoms with E-state index in [0.717, 1.165) is 18.1 Å². The molecule has 0 N–H and O–H groups in total. The topological polar surface area (TPSA) is 47.9 Å². The van der Waals surface area contributed by atoms with Gasteiger partial charge in [0.15, 0.2) is 0 Å². The lowest BCUT2D eigenvalue weighted by Gasteiger charge is -2.21. The fourth-order valence-electron chi connectivity index (χ4n) is 3.25. The molecule has 1 heterocycles. The molecule has 148 valence electrons. The Morgan fingerprint density at radius 2 is 2.00 bits per heavy atom. The lowest BCUT2D eigenvalue weighted by molar-refractivity contribution is -0.139. The Morgan fingerprint density at radius 3 is 2.68 bits per heavy atom. The molecule has 0 aliphatic carbocycles. The number of halogens is 3. The number of esters is 1. The van der Waals surface area contributed by atoms with E-state index in [0.29, 0.717) is 24.1 Å². The van der Waals surface area contributed by atoms with Crippen LogP contribution in [0.4, 0.5) is 13.2 Å². The number of carbonyl (C=O) groups is 1. The fraction of sp³-hybridized carbons (Fsp3) is 0.333. The molecule has 0 bridgehead atoms. The molecule has 1 aliphatic heterocycles. The normalized spacial score (nSPS) is 16.6. The third kappa shape index (κ3) is 4.52. The van der Waals surface area contributed by atoms with Gasteiger partial charge in [-0.05, 0) is 54.3 Å². The molecule has 1 unspecified atom stereocenters. The summed E-state index contributed by atoms with van der Waals surface area (Å²) in [7, 11) is 1.32. The maximum atomic E-state index is 13.1. The van der Waals surface area contributed by atoms with Gasteiger partial charge in [0.25, 0.3) is 0 Å². The summed E-state index contributed by atoms with van der Waals surface area (Å²) in [6.45, 7) is 0.632. The average molecular weight is 391 g/mol. The first-order valence-electron chi connectivity index (χ1n) is 8.88. The highest BCUT2D eigenvalue weighted by molar-refractivity contribution is 5.91. The number of aliphatic imine (C=N–C) groups is 1. The molecule has 3 rings (SSSR count). The van der Waals surface area contributed by atoms with Crippen molar-refractivity contribution in [1.82, 2.24) is 0 Å². The number of benzene rings is 2. The zero-order valence-corrected chi connectivity index (χ0v) is 15.3. The second kappa shape index (κ2) is 8.46. The van der Waals surface area contributed by atoms with Crippen molar-refractivity contribution in [2.45, 2.75) is 31.5 Å². The Labute approximate surface area is 161 Å². The second-order valence-corrected chi connectivity index (χ2v) is 6.51. The summed E-state index contributed by atoms with van der Waals surface area (Å²) in [4.78, 5) is 16.3. The highest BCUT2D eigenvalue weighted by atomic mass is 19.4. The molecule has 0 saturated heterocycles. The van der Waals surface area contributed by atoms with E-state index in [1.54, 1.807) is 12.1 Å². The Bertz CT molecular complexity index is 877. The molecule has 0 spiro atoms. The van der Waals surface area contributed by atoms with Crippen molar-refractivity contribution in [2.24, 2.45) is 4.99 Å². The Kier molecular flexibility index (Phi) is 6.02. The van der Waals surface area contributed by atoms with Gasteiger partial charge in [-0.15, -0.1) is 0 Å². The quantitative estimate of drug-likeness (QED) is 0.673. The maximum absolute atomic E-state index is 13.1. The molecular weight excluding hydrogens is 371 g/mol. The van der Waals surface area contributed by atoms with Crippen LogP contribution in [0, 0.1) is 0 Å². The summed E-state index contributed by atoms with van der Waals surface area (Å²) in [5, 5.41) is 0. The average Bonchev–Trinajstić information content (AvgIpc) is 2.71. The number of nitrogens with zero attached hydrogens (tertiary/aromatic N) is 1. The number of carbonyl (C=O) groups excluding carboxylic acids is 1. The first kappa shape index (κ1) is 19.9. The van der Waals surface area contributed by atoms with Crippen LogP contribution in [-0.2, 0) is 17.5 Å². The van der Waals surface area contributed by atoms with Crippen LogP contribution in [0.5, 0.6) is 5.75 Å². The summed E-state index contributed by atoms with van der Waals surface area (Å²) in [5.41, 5.74) is 1.14. The van der Waals surface area contributed by atoms with Crippen LogP contribution in [0.15, 0.2) is 47.5 Å². The monoisotopic (exact) mass is 391 g/mol. The van der Waals surface area contributed by atoms with Crippen molar-refractivity contribution < 1.29 is 27.4 Å². The van der Waals surface area contributed by atoms with Crippen molar-refractivity contribution >= 4 is 12.2 Å². The van der Waals surface area contributed by atoms with Gasteiger partial charge in [-0.1, -0.05) is 24.3 Å². The van der Waals surface area contributed by atoms with E-state index in [1.807, 2.05) is 12.3 Å². The summed E-state index contributed by atoms with van der Waals surface area (Å²) >= 11 is 0. The van der Waals surface area contributed by atoms with Crippen molar-refractivity contribution in [3.63, 3.8) is 0 Å². The van der Waals surface area contributed by atoms with E-state index in [-0.39, 0.29) is 18.3 Å². The molecule has 2 aromatic rings. The van der Waals surface area contributed by atoms with Crippen LogP contribution in [0.25, 0.3) is 0 Å². The van der Waals surface area contributed by atoms with Crippen molar-refractivity contribution in [3.05, 3.63) is 64.7 Å². The molecule has 1 atom stereocenters. The van der Waals surface area contributed by atoms with E-state index in [2.05, 4.69) is 4.99 Å². The molecule has 28 heavy (non-hydrogen) atoms. The van der Waals surface area contributed by atoms with E-state index < -0.39 is 17.7 Å². The minimum absolute atomic E-state index is 0.0393. The third-order valence-electron chi connectivity index (χ3n) is 4.67. The fourth-order valence-corrected chi connectivity index (χ4v) is 3.25. The Hall–Kier alpha value is -2.83. The van der Waals surface area contributed by atoms with Crippen LogP contribution in [0.2, 0.25) is 0 Å². The summed E-state index contributed by atoms with van der Waals surface area (Å²) in [6.07, 6.45) is -1.16. The zero-order chi connectivity index (χ0) is 20.1. The van der Waals surface area contributed by atoms with Gasteiger partial charge in [0.2, 0.25) is 0 Å². The van der Waals surface area contributed by atoms with E-state index in [4.69, 9.17) is 9.47 Å². The van der Waals surface area contributed by atoms with Gasteiger partial charge in [-0.3, -0.25) is 4.99 Å². The molecule has 7 heteroatoms. The van der Waals surface area contributed by atoms with Gasteiger partial charge in [0.05, 0.1) is 18.2 Å².